The zero-order valence-corrected chi connectivity index (χ0v) is 7.85. The summed E-state index contributed by atoms with van der Waals surface area (Å²) >= 11 is 0. The van der Waals surface area contributed by atoms with E-state index in [0.29, 0.717) is 5.78 Å². The van der Waals surface area contributed by atoms with Gasteiger partial charge in [-0.3, -0.25) is 9.69 Å². The fourth-order valence-corrected chi connectivity index (χ4v) is 1.59. The van der Waals surface area contributed by atoms with Crippen LogP contribution in [0.4, 0.5) is 0 Å². The molecule has 0 radical (unpaired) electrons. The number of Topliss-reactive ketones (excluding diaryl/α,β-unsaturated/α-hetero) is 1. The molecule has 2 nitrogen and oxygen atoms in total. The van der Waals surface area contributed by atoms with Crippen LogP contribution in [-0.4, -0.2) is 29.8 Å². The smallest absolute Gasteiger partial charge is 0.155 e. The van der Waals surface area contributed by atoms with Crippen molar-refractivity contribution in [2.45, 2.75) is 32.7 Å². The lowest BCUT2D eigenvalue weighted by molar-refractivity contribution is -0.136. The Kier molecular flexibility index (Phi) is 2.06. The van der Waals surface area contributed by atoms with Gasteiger partial charge in [0.1, 0.15) is 0 Å². The fourth-order valence-electron chi connectivity index (χ4n) is 1.59. The summed E-state index contributed by atoms with van der Waals surface area (Å²) in [7, 11) is 2.02. The molecule has 1 aliphatic rings. The van der Waals surface area contributed by atoms with E-state index in [0.717, 1.165) is 13.0 Å². The zero-order chi connectivity index (χ0) is 8.65. The molecule has 1 saturated heterocycles. The van der Waals surface area contributed by atoms with Crippen LogP contribution in [0.5, 0.6) is 0 Å². The molecule has 1 heterocycles. The topological polar surface area (TPSA) is 20.3 Å². The van der Waals surface area contributed by atoms with Gasteiger partial charge in [0.2, 0.25) is 0 Å². The van der Waals surface area contributed by atoms with Crippen LogP contribution in [0, 0.1) is 5.92 Å². The summed E-state index contributed by atoms with van der Waals surface area (Å²) < 4.78 is 0. The summed E-state index contributed by atoms with van der Waals surface area (Å²) in [6.45, 7) is 7.08. The number of ketones is 1. The predicted molar refractivity (Wildman–Crippen MR) is 45.5 cm³/mol. The number of carbonyl (C=O) groups is 1. The van der Waals surface area contributed by atoms with E-state index in [-0.39, 0.29) is 11.5 Å². The maximum Gasteiger partial charge on any atom is 0.155 e. The lowest BCUT2D eigenvalue weighted by Crippen LogP contribution is -2.54. The standard InChI is InChI=1S/C9H17NO/c1-7-5-6-10(4)9(2,3)8(7)11/h7H,5-6H2,1-4H3. The first-order valence-corrected chi connectivity index (χ1v) is 4.22. The summed E-state index contributed by atoms with van der Waals surface area (Å²) in [6.07, 6.45) is 1.01. The van der Waals surface area contributed by atoms with E-state index >= 15 is 0 Å². The van der Waals surface area contributed by atoms with Crippen molar-refractivity contribution in [3.05, 3.63) is 0 Å². The van der Waals surface area contributed by atoms with E-state index in [9.17, 15) is 4.79 Å². The normalized spacial score (nSPS) is 32.4. The van der Waals surface area contributed by atoms with Crippen LogP contribution in [0.2, 0.25) is 0 Å². The molecule has 0 N–H and O–H groups in total. The Hall–Kier alpha value is -0.370. The quantitative estimate of drug-likeness (QED) is 0.525. The Morgan fingerprint density at radius 1 is 1.55 bits per heavy atom. The van der Waals surface area contributed by atoms with Gasteiger partial charge in [0, 0.05) is 5.92 Å². The maximum atomic E-state index is 11.6. The number of likely N-dealkylation sites (tertiary alicyclic amines) is 1. The van der Waals surface area contributed by atoms with E-state index in [2.05, 4.69) is 4.90 Å². The minimum absolute atomic E-state index is 0.238. The highest BCUT2D eigenvalue weighted by Crippen LogP contribution is 2.25. The molecule has 1 unspecified atom stereocenters. The summed E-state index contributed by atoms with van der Waals surface area (Å²) in [6, 6.07) is 0. The first-order valence-electron chi connectivity index (χ1n) is 4.22. The molecule has 0 aromatic heterocycles. The highest BCUT2D eigenvalue weighted by Gasteiger charge is 2.38. The minimum Gasteiger partial charge on any atom is -0.297 e. The number of hydrogen-bond donors (Lipinski definition) is 0. The predicted octanol–water partition coefficient (Wildman–Crippen LogP) is 1.31. The van der Waals surface area contributed by atoms with E-state index in [1.165, 1.54) is 0 Å². The third-order valence-electron chi connectivity index (χ3n) is 2.90. The molecule has 2 heteroatoms. The lowest BCUT2D eigenvalue weighted by atomic mass is 9.83. The van der Waals surface area contributed by atoms with E-state index in [1.54, 1.807) is 0 Å². The van der Waals surface area contributed by atoms with Gasteiger partial charge in [-0.05, 0) is 33.9 Å². The third-order valence-corrected chi connectivity index (χ3v) is 2.90. The largest absolute Gasteiger partial charge is 0.297 e. The molecule has 0 aromatic rings. The minimum atomic E-state index is -0.238. The van der Waals surface area contributed by atoms with Gasteiger partial charge >= 0.3 is 0 Å². The van der Waals surface area contributed by atoms with Crippen LogP contribution in [0.3, 0.4) is 0 Å². The van der Waals surface area contributed by atoms with Gasteiger partial charge in [-0.2, -0.15) is 0 Å². The van der Waals surface area contributed by atoms with Crippen LogP contribution in [0.15, 0.2) is 0 Å². The number of piperidine rings is 1. The van der Waals surface area contributed by atoms with Crippen molar-refractivity contribution in [2.75, 3.05) is 13.6 Å². The molecule has 1 fully saturated rings. The first kappa shape index (κ1) is 8.72. The van der Waals surface area contributed by atoms with Gasteiger partial charge < -0.3 is 0 Å². The van der Waals surface area contributed by atoms with Crippen LogP contribution >= 0.6 is 0 Å². The van der Waals surface area contributed by atoms with Gasteiger partial charge in [0.25, 0.3) is 0 Å². The average Bonchev–Trinajstić information content (AvgIpc) is 1.95. The van der Waals surface area contributed by atoms with Gasteiger partial charge in [0.15, 0.2) is 5.78 Å². The molecule has 0 aromatic carbocycles. The number of likely N-dealkylation sites (N-methyl/N-ethyl adjacent to an activating group) is 1. The molecular formula is C9H17NO. The summed E-state index contributed by atoms with van der Waals surface area (Å²) in [5.74, 6) is 0.632. The van der Waals surface area contributed by atoms with Crippen LogP contribution in [0.1, 0.15) is 27.2 Å². The summed E-state index contributed by atoms with van der Waals surface area (Å²) in [5, 5.41) is 0. The third kappa shape index (κ3) is 1.32. The second kappa shape index (κ2) is 2.59. The molecule has 0 saturated carbocycles. The molecule has 1 rings (SSSR count). The summed E-state index contributed by atoms with van der Waals surface area (Å²) in [4.78, 5) is 13.7. The van der Waals surface area contributed by atoms with Crippen molar-refractivity contribution < 1.29 is 4.79 Å². The van der Waals surface area contributed by atoms with Crippen molar-refractivity contribution in [3.63, 3.8) is 0 Å². The maximum absolute atomic E-state index is 11.6. The van der Waals surface area contributed by atoms with Crippen LogP contribution < -0.4 is 0 Å². The first-order chi connectivity index (χ1) is 4.96. The highest BCUT2D eigenvalue weighted by molar-refractivity contribution is 5.90. The number of carbonyl (C=O) groups excluding carboxylic acids is 1. The Bertz CT molecular complexity index is 174. The van der Waals surface area contributed by atoms with Gasteiger partial charge in [-0.1, -0.05) is 6.92 Å². The number of nitrogens with zero attached hydrogens (tertiary/aromatic N) is 1. The van der Waals surface area contributed by atoms with Crippen LogP contribution in [-0.2, 0) is 4.79 Å². The van der Waals surface area contributed by atoms with Crippen molar-refractivity contribution in [1.29, 1.82) is 0 Å². The van der Waals surface area contributed by atoms with Gasteiger partial charge in [-0.15, -0.1) is 0 Å². The second-order valence-corrected chi connectivity index (χ2v) is 4.03. The van der Waals surface area contributed by atoms with Crippen molar-refractivity contribution in [1.82, 2.24) is 4.90 Å². The van der Waals surface area contributed by atoms with E-state index < -0.39 is 0 Å². The SMILES string of the molecule is CC1CCN(C)C(C)(C)C1=O. The van der Waals surface area contributed by atoms with Gasteiger partial charge in [-0.25, -0.2) is 0 Å². The monoisotopic (exact) mass is 155 g/mol. The molecule has 1 atom stereocenters. The average molecular weight is 155 g/mol. The lowest BCUT2D eigenvalue weighted by Gasteiger charge is -2.40. The van der Waals surface area contributed by atoms with Gasteiger partial charge in [0.05, 0.1) is 5.54 Å². The molecule has 11 heavy (non-hydrogen) atoms. The van der Waals surface area contributed by atoms with E-state index in [1.807, 2.05) is 27.8 Å². The Morgan fingerprint density at radius 3 is 2.55 bits per heavy atom. The highest BCUT2D eigenvalue weighted by atomic mass is 16.1. The summed E-state index contributed by atoms with van der Waals surface area (Å²) in [5.41, 5.74) is -0.238. The molecule has 1 aliphatic heterocycles. The molecule has 0 bridgehead atoms. The molecule has 0 amide bonds. The number of hydrogen-bond acceptors (Lipinski definition) is 2. The Labute approximate surface area is 68.6 Å². The molecular weight excluding hydrogens is 138 g/mol. The fraction of sp³-hybridized carbons (Fsp3) is 0.889. The molecule has 0 aliphatic carbocycles. The van der Waals surface area contributed by atoms with Crippen molar-refractivity contribution in [3.8, 4) is 0 Å². The Balaban J connectivity index is 2.81. The van der Waals surface area contributed by atoms with Crippen molar-refractivity contribution in [2.24, 2.45) is 5.92 Å². The zero-order valence-electron chi connectivity index (χ0n) is 7.85. The van der Waals surface area contributed by atoms with Crippen LogP contribution in [0.25, 0.3) is 0 Å². The number of rotatable bonds is 0. The van der Waals surface area contributed by atoms with E-state index in [4.69, 9.17) is 0 Å². The molecule has 64 valence electrons. The second-order valence-electron chi connectivity index (χ2n) is 4.03. The van der Waals surface area contributed by atoms with Crippen molar-refractivity contribution >= 4 is 5.78 Å². The Morgan fingerprint density at radius 2 is 2.09 bits per heavy atom. The molecule has 0 spiro atoms.